The number of hydrogen-bond acceptors (Lipinski definition) is 10. The van der Waals surface area contributed by atoms with Gasteiger partial charge in [-0.25, -0.2) is 0 Å². The smallest absolute Gasteiger partial charge is 0.310 e. The number of carbonyl (C=O) groups is 6. The number of esters is 4. The van der Waals surface area contributed by atoms with Crippen LogP contribution in [0.1, 0.15) is 96.6 Å². The maximum atomic E-state index is 13.7. The zero-order valence-corrected chi connectivity index (χ0v) is 39.3. The van der Waals surface area contributed by atoms with E-state index >= 15 is 0 Å². The number of rotatable bonds is 15. The van der Waals surface area contributed by atoms with E-state index in [1.54, 1.807) is 24.3 Å². The minimum absolute atomic E-state index is 0. The molecule has 338 valence electrons. The highest BCUT2D eigenvalue weighted by Crippen LogP contribution is 2.58. The van der Waals surface area contributed by atoms with Crippen molar-refractivity contribution in [3.8, 4) is 23.0 Å². The maximum absolute atomic E-state index is 13.7. The van der Waals surface area contributed by atoms with Gasteiger partial charge in [-0.3, -0.25) is 37.7 Å². The molecule has 62 heavy (non-hydrogen) atoms. The summed E-state index contributed by atoms with van der Waals surface area (Å²) in [5.74, 6) is -4.12. The fraction of sp³-hybridized carbons (Fsp3) is 0.522. The van der Waals surface area contributed by atoms with E-state index in [1.807, 2.05) is 12.1 Å². The summed E-state index contributed by atoms with van der Waals surface area (Å²) in [7, 11) is 4.37. The Morgan fingerprint density at radius 1 is 0.581 bits per heavy atom. The average Bonchev–Trinajstić information content (AvgIpc) is 3.38. The van der Waals surface area contributed by atoms with E-state index < -0.39 is 47.7 Å². The summed E-state index contributed by atoms with van der Waals surface area (Å²) in [6.45, 7) is 5.11. The molecular formula is C46H58Br2N2O12. The summed E-state index contributed by atoms with van der Waals surface area (Å²) in [4.78, 5) is 73.1. The third-order valence-electron chi connectivity index (χ3n) is 13.9. The number of aliphatic carboxylic acids is 2. The summed E-state index contributed by atoms with van der Waals surface area (Å²) >= 11 is 0. The molecule has 2 N–H and O–H groups in total. The number of carbonyl (C=O) groups excluding carboxylic acids is 4. The van der Waals surface area contributed by atoms with Gasteiger partial charge in [-0.2, -0.15) is 0 Å². The first-order valence-corrected chi connectivity index (χ1v) is 20.8. The van der Waals surface area contributed by atoms with Gasteiger partial charge in [-0.05, 0) is 72.2 Å². The molecule has 0 radical (unpaired) electrons. The van der Waals surface area contributed by atoms with Gasteiger partial charge in [0, 0.05) is 79.1 Å². The monoisotopic (exact) mass is 988 g/mol. The first kappa shape index (κ1) is 50.3. The topological polar surface area (TPSA) is 180 Å². The molecule has 0 aromatic heterocycles. The third kappa shape index (κ3) is 10.7. The minimum atomic E-state index is -1.40. The van der Waals surface area contributed by atoms with Crippen molar-refractivity contribution in [1.82, 2.24) is 0 Å². The van der Waals surface area contributed by atoms with Gasteiger partial charge in [0.2, 0.25) is 0 Å². The van der Waals surface area contributed by atoms with E-state index in [4.69, 9.17) is 18.9 Å². The number of ether oxygens (including phenoxy) is 4. The Hall–Kier alpha value is -4.38. The lowest BCUT2D eigenvalue weighted by molar-refractivity contribution is -0.904. The highest BCUT2D eigenvalue weighted by Gasteiger charge is 2.64. The van der Waals surface area contributed by atoms with E-state index in [0.29, 0.717) is 47.5 Å². The number of allylic oxidation sites excluding steroid dienone is 2. The molecule has 2 aromatic rings. The van der Waals surface area contributed by atoms with Gasteiger partial charge in [0.15, 0.2) is 23.0 Å². The molecule has 4 unspecified atom stereocenters. The number of piperidine rings is 2. The van der Waals surface area contributed by atoms with Gasteiger partial charge in [-0.15, -0.1) is 0 Å². The number of hydrogen-bond donors (Lipinski definition) is 2. The van der Waals surface area contributed by atoms with Crippen molar-refractivity contribution in [3.63, 3.8) is 0 Å². The van der Waals surface area contributed by atoms with Crippen LogP contribution in [0.4, 0.5) is 0 Å². The lowest BCUT2D eigenvalue weighted by Gasteiger charge is -2.54. The third-order valence-corrected chi connectivity index (χ3v) is 13.9. The molecular weight excluding hydrogens is 932 g/mol. The summed E-state index contributed by atoms with van der Waals surface area (Å²) in [5, 5.41) is 21.6. The Kier molecular flexibility index (Phi) is 16.6. The van der Waals surface area contributed by atoms with E-state index in [1.165, 1.54) is 27.7 Å². The predicted octanol–water partition coefficient (Wildman–Crippen LogP) is 0.529. The Labute approximate surface area is 383 Å². The van der Waals surface area contributed by atoms with Crippen LogP contribution in [0.25, 0.3) is 0 Å². The number of nitrogens with zero attached hydrogens (tertiary/aromatic N) is 2. The van der Waals surface area contributed by atoms with Crippen molar-refractivity contribution in [2.75, 3.05) is 14.1 Å². The Balaban J connectivity index is 0.00000422. The van der Waals surface area contributed by atoms with Crippen molar-refractivity contribution in [3.05, 3.63) is 72.1 Å². The van der Waals surface area contributed by atoms with Crippen LogP contribution in [0.2, 0.25) is 0 Å². The van der Waals surface area contributed by atoms with Gasteiger partial charge in [0.25, 0.3) is 0 Å². The van der Waals surface area contributed by atoms with Crippen LogP contribution in [0, 0.1) is 17.3 Å². The summed E-state index contributed by atoms with van der Waals surface area (Å²) in [6, 6.07) is 10.7. The second-order valence-corrected chi connectivity index (χ2v) is 17.6. The van der Waals surface area contributed by atoms with Crippen LogP contribution < -0.4 is 52.9 Å². The zero-order chi connectivity index (χ0) is 43.6. The molecule has 16 heteroatoms. The number of quaternary nitrogens is 2. The van der Waals surface area contributed by atoms with Gasteiger partial charge < -0.3 is 63.1 Å². The molecule has 0 spiro atoms. The standard InChI is InChI=1S/C46H56N2O12.2BrH/c1-28(49)57-40-17-11-32(21-42(40)59-30(3)51)9-7-19-47(5)36-13-14-37(47)24-34(23-36)46(45(55)56,27-44(53)54)35-25-38-15-16-39(26-35)48(38,6)20-8-10-33-12-18-41(58-29(2)50)43(22-33)60-31(4)52;;/h7-8,11-12,17-22,34-39H,9-10,13-16,23-27H2,1-6H3;2*1H/t34?,35?,36-,37+,38-,39+,46?,47?,48?;;. The molecule has 4 aliphatic heterocycles. The summed E-state index contributed by atoms with van der Waals surface area (Å²) < 4.78 is 22.3. The number of fused-ring (bicyclic) bond motifs is 4. The molecule has 4 fully saturated rings. The van der Waals surface area contributed by atoms with Crippen molar-refractivity contribution in [1.29, 1.82) is 0 Å². The Morgan fingerprint density at radius 2 is 0.903 bits per heavy atom. The molecule has 0 saturated carbocycles. The van der Waals surface area contributed by atoms with Crippen LogP contribution in [0.15, 0.2) is 61.0 Å². The quantitative estimate of drug-likeness (QED) is 0.144. The second-order valence-electron chi connectivity index (χ2n) is 17.6. The van der Waals surface area contributed by atoms with E-state index in [-0.39, 0.29) is 93.0 Å². The molecule has 4 heterocycles. The fourth-order valence-electron chi connectivity index (χ4n) is 11.1. The molecule has 4 bridgehead atoms. The van der Waals surface area contributed by atoms with E-state index in [0.717, 1.165) is 36.8 Å². The molecule has 4 aliphatic rings. The van der Waals surface area contributed by atoms with Crippen LogP contribution in [-0.4, -0.2) is 93.3 Å². The summed E-state index contributed by atoms with van der Waals surface area (Å²) in [6.07, 6.45) is 15.3. The number of carboxylic acid groups (broad SMARTS) is 2. The van der Waals surface area contributed by atoms with Crippen LogP contribution in [0.5, 0.6) is 23.0 Å². The lowest BCUT2D eigenvalue weighted by atomic mass is 9.57. The van der Waals surface area contributed by atoms with E-state index in [2.05, 4.69) is 38.6 Å². The van der Waals surface area contributed by atoms with E-state index in [9.17, 15) is 39.0 Å². The molecule has 6 rings (SSSR count). The first-order chi connectivity index (χ1) is 28.3. The number of carboxylic acids is 2. The largest absolute Gasteiger partial charge is 1.00 e. The zero-order valence-electron chi connectivity index (χ0n) is 36.1. The van der Waals surface area contributed by atoms with Gasteiger partial charge >= 0.3 is 35.8 Å². The van der Waals surface area contributed by atoms with Crippen LogP contribution in [-0.2, 0) is 41.6 Å². The van der Waals surface area contributed by atoms with Crippen LogP contribution >= 0.6 is 0 Å². The van der Waals surface area contributed by atoms with Crippen molar-refractivity contribution >= 4 is 35.8 Å². The Bertz CT molecular complexity index is 1940. The van der Waals surface area contributed by atoms with Crippen molar-refractivity contribution in [2.24, 2.45) is 17.3 Å². The van der Waals surface area contributed by atoms with Crippen molar-refractivity contribution in [2.45, 2.75) is 122 Å². The average molecular weight is 991 g/mol. The highest BCUT2D eigenvalue weighted by molar-refractivity contribution is 5.82. The van der Waals surface area contributed by atoms with Gasteiger partial charge in [0.05, 0.1) is 62.5 Å². The second kappa shape index (κ2) is 20.4. The molecule has 14 nitrogen and oxygen atoms in total. The molecule has 0 amide bonds. The molecule has 4 saturated heterocycles. The fourth-order valence-corrected chi connectivity index (χ4v) is 11.1. The number of benzene rings is 2. The molecule has 0 aliphatic carbocycles. The summed E-state index contributed by atoms with van der Waals surface area (Å²) in [5.41, 5.74) is 0.313. The SMILES string of the molecule is CC(=O)Oc1ccc(CC=C[N+]2(C)[C@@H]3CC[C@H]2CC(C(CC(=O)O)(C(=O)O)C2C[C@H]4CC[C@@H](C2)[N+]4(C)C=CCc2ccc(OC(C)=O)c(OC(C)=O)c2)C3)cc1OC(C)=O.[Br-].[Br-]. The Morgan fingerprint density at radius 3 is 1.19 bits per heavy atom. The predicted molar refractivity (Wildman–Crippen MR) is 218 cm³/mol. The number of halogens is 2. The first-order valence-electron chi connectivity index (χ1n) is 20.8. The lowest BCUT2D eigenvalue weighted by Crippen LogP contribution is -3.00. The normalized spacial score (nSPS) is 28.2. The van der Waals surface area contributed by atoms with Crippen molar-refractivity contribution < 1.29 is 101 Å². The molecule has 8 atom stereocenters. The molecule has 2 aromatic carbocycles. The highest BCUT2D eigenvalue weighted by atomic mass is 79.9. The van der Waals surface area contributed by atoms with Gasteiger partial charge in [-0.1, -0.05) is 12.1 Å². The maximum Gasteiger partial charge on any atom is 0.310 e. The van der Waals surface area contributed by atoms with Gasteiger partial charge in [0.1, 0.15) is 0 Å². The van der Waals surface area contributed by atoms with Crippen LogP contribution in [0.3, 0.4) is 0 Å². The minimum Gasteiger partial charge on any atom is -1.00 e.